The molecule has 0 fully saturated rings. The minimum atomic E-state index is 0. The summed E-state index contributed by atoms with van der Waals surface area (Å²) >= 11 is 5.22. The van der Waals surface area contributed by atoms with Crippen LogP contribution in [0.2, 0.25) is 0 Å². The SMILES string of the molecule is Cl.I[IH]I.[SiH4]. The molecule has 0 aromatic carbocycles. The first-order valence-corrected chi connectivity index (χ1v) is 13.9. The predicted molar refractivity (Wildman–Crippen MR) is 62.0 cm³/mol. The van der Waals surface area contributed by atoms with Gasteiger partial charge in [-0.3, -0.25) is 0 Å². The van der Waals surface area contributed by atoms with E-state index in [1.807, 2.05) is 0 Å². The van der Waals surface area contributed by atoms with Crippen molar-refractivity contribution < 1.29 is 0 Å². The van der Waals surface area contributed by atoms with Gasteiger partial charge in [0.1, 0.15) is 0 Å². The Morgan fingerprint density at radius 1 is 1.20 bits per heavy atom. The zero-order valence-electron chi connectivity index (χ0n) is 1.57. The molecule has 0 aromatic heterocycles. The standard InChI is InChI=1S/ClH.HI3.H4Si/c;1-3-2;/h1H;3H;1H4. The van der Waals surface area contributed by atoms with Gasteiger partial charge in [0.15, 0.2) is 0 Å². The number of hydrogen-bond acceptors (Lipinski definition) is 0. The van der Waals surface area contributed by atoms with Crippen molar-refractivity contribution in [1.82, 2.24) is 0 Å². The largest absolute Gasteiger partial charge is 0.0149 e. The first-order chi connectivity index (χ1) is 1.41. The summed E-state index contributed by atoms with van der Waals surface area (Å²) in [6.07, 6.45) is 0. The molecule has 0 saturated heterocycles. The van der Waals surface area contributed by atoms with Crippen molar-refractivity contribution in [2.75, 3.05) is 0 Å². The van der Waals surface area contributed by atoms with E-state index < -0.39 is 0 Å². The third kappa shape index (κ3) is 20.3. The fourth-order valence-corrected chi connectivity index (χ4v) is 0. The minimum Gasteiger partial charge on any atom is -0.0149 e. The third-order valence-corrected chi connectivity index (χ3v) is 0. The molecule has 0 radical (unpaired) electrons. The second-order valence-electron chi connectivity index (χ2n) is 0.0583. The van der Waals surface area contributed by atoms with Crippen LogP contribution in [0.25, 0.3) is 0 Å². The van der Waals surface area contributed by atoms with Crippen molar-refractivity contribution in [1.29, 1.82) is 0 Å². The molecule has 0 saturated carbocycles. The van der Waals surface area contributed by atoms with E-state index in [1.165, 1.54) is 0 Å². The first-order valence-electron chi connectivity index (χ1n) is 0.309. The van der Waals surface area contributed by atoms with Crippen molar-refractivity contribution in [2.45, 2.75) is 0 Å². The maximum Gasteiger partial charge on any atom is -0.0149 e. The number of rotatable bonds is 0. The Morgan fingerprint density at radius 3 is 1.20 bits per heavy atom. The fraction of sp³-hybridized carbons (Fsp3) is 0. The Kier molecular flexibility index (Phi) is 49.8. The average molecular weight is 450 g/mol. The molecule has 0 aliphatic carbocycles. The molecule has 0 aromatic rings. The number of halogens is 4. The molecule has 0 aliphatic heterocycles. The molecule has 0 atom stereocenters. The van der Waals surface area contributed by atoms with E-state index in [1.54, 1.807) is 0 Å². The van der Waals surface area contributed by atoms with Crippen molar-refractivity contribution in [3.05, 3.63) is 0 Å². The molecule has 0 N–H and O–H groups in total. The Labute approximate surface area is 72.3 Å². The van der Waals surface area contributed by atoms with Crippen molar-refractivity contribution >= 4 is 73.9 Å². The van der Waals surface area contributed by atoms with Gasteiger partial charge in [-0.15, -0.1) is 12.4 Å². The molecule has 0 bridgehead atoms. The van der Waals surface area contributed by atoms with Crippen LogP contribution >= 0.6 is 62.9 Å². The van der Waals surface area contributed by atoms with Gasteiger partial charge in [-0.25, -0.2) is 0 Å². The molecule has 38 valence electrons. The van der Waals surface area contributed by atoms with E-state index in [9.17, 15) is 0 Å². The van der Waals surface area contributed by atoms with Crippen LogP contribution in [0, 0.1) is 0 Å². The van der Waals surface area contributed by atoms with Crippen LogP contribution < -0.4 is 0 Å². The second-order valence-corrected chi connectivity index (χ2v) is 17.6. The Balaban J connectivity index is -0.0000000200. The summed E-state index contributed by atoms with van der Waals surface area (Å²) in [6.45, 7) is 0. The summed E-state index contributed by atoms with van der Waals surface area (Å²) in [5.74, 6) is 0. The van der Waals surface area contributed by atoms with Crippen LogP contribution in [0.4, 0.5) is 0 Å². The minimum absolute atomic E-state index is 0. The maximum atomic E-state index is 2.41. The van der Waals surface area contributed by atoms with Crippen LogP contribution in [0.1, 0.15) is 0 Å². The second kappa shape index (κ2) is 15.9. The van der Waals surface area contributed by atoms with E-state index in [-0.39, 0.29) is 23.4 Å². The molecule has 0 spiro atoms. The van der Waals surface area contributed by atoms with E-state index in [0.717, 1.165) is 0 Å². The van der Waals surface area contributed by atoms with Crippen LogP contribution in [-0.2, 0) is 0 Å². The summed E-state index contributed by atoms with van der Waals surface area (Å²) < 4.78 is 0. The fourth-order valence-electron chi connectivity index (χ4n) is 0. The molecule has 5 heteroatoms. The van der Waals surface area contributed by atoms with Gasteiger partial charge in [0.25, 0.3) is 0 Å². The zero-order chi connectivity index (χ0) is 2.71. The molecule has 0 nitrogen and oxygen atoms in total. The normalized spacial score (nSPS) is 4.40. The monoisotopic (exact) mass is 450 g/mol. The first kappa shape index (κ1) is 15.6. The molecular formula is H6ClI3Si. The van der Waals surface area contributed by atoms with Gasteiger partial charge < -0.3 is 0 Å². The summed E-state index contributed by atoms with van der Waals surface area (Å²) in [7, 11) is 0. The molecule has 0 unspecified atom stereocenters. The van der Waals surface area contributed by atoms with Crippen LogP contribution in [0.15, 0.2) is 0 Å². The van der Waals surface area contributed by atoms with Gasteiger partial charge in [0.05, 0.1) is 0 Å². The number of hydrogen-bond donors (Lipinski definition) is 0. The molecule has 5 heavy (non-hydrogen) atoms. The van der Waals surface area contributed by atoms with Crippen molar-refractivity contribution in [3.63, 3.8) is 0 Å². The molecule has 0 amide bonds. The average Bonchev–Trinajstić information content (AvgIpc) is 0.918. The van der Waals surface area contributed by atoms with E-state index in [0.29, 0.717) is 13.3 Å². The van der Waals surface area contributed by atoms with Crippen LogP contribution in [0.5, 0.6) is 0 Å². The third-order valence-electron chi connectivity index (χ3n) is 0. The summed E-state index contributed by atoms with van der Waals surface area (Å²) in [6, 6.07) is 0. The van der Waals surface area contributed by atoms with E-state index in [4.69, 9.17) is 0 Å². The zero-order valence-corrected chi connectivity index (χ0v) is 9.03. The summed E-state index contributed by atoms with van der Waals surface area (Å²) in [4.78, 5) is 0. The summed E-state index contributed by atoms with van der Waals surface area (Å²) in [5, 5.41) is 0. The van der Waals surface area contributed by atoms with Crippen LogP contribution in [-0.4, -0.2) is 11.0 Å². The molecule has 0 aliphatic rings. The smallest absolute Gasteiger partial charge is 0.0149 e. The Hall–Kier alpha value is 2.70. The Bertz CT molecular complexity index is 6.85. The van der Waals surface area contributed by atoms with Gasteiger partial charge in [0.2, 0.25) is 0 Å². The molecular weight excluding hydrogens is 444 g/mol. The van der Waals surface area contributed by atoms with Gasteiger partial charge in [0, 0.05) is 0 Å². The van der Waals surface area contributed by atoms with Crippen LogP contribution in [0.3, 0.4) is 0 Å². The Morgan fingerprint density at radius 2 is 1.20 bits per heavy atom. The van der Waals surface area contributed by atoms with E-state index >= 15 is 0 Å². The molecule has 0 heterocycles. The van der Waals surface area contributed by atoms with Gasteiger partial charge in [-0.05, 0) is 11.0 Å². The maximum absolute atomic E-state index is 2.41. The van der Waals surface area contributed by atoms with Gasteiger partial charge in [-0.2, -0.15) is 0 Å². The van der Waals surface area contributed by atoms with E-state index in [2.05, 4.69) is 37.2 Å². The van der Waals surface area contributed by atoms with Crippen molar-refractivity contribution in [3.8, 4) is 0 Å². The predicted octanol–water partition coefficient (Wildman–Crippen LogP) is 1.36. The topological polar surface area (TPSA) is 0 Å². The quantitative estimate of drug-likeness (QED) is 0.387. The van der Waals surface area contributed by atoms with Crippen molar-refractivity contribution in [2.24, 2.45) is 0 Å². The molecule has 0 rings (SSSR count). The van der Waals surface area contributed by atoms with Gasteiger partial charge >= 0.3 is 50.5 Å². The van der Waals surface area contributed by atoms with Gasteiger partial charge in [-0.1, -0.05) is 0 Å². The summed E-state index contributed by atoms with van der Waals surface area (Å²) in [5.41, 5.74) is 0.